The molecule has 0 unspecified atom stereocenters. The van der Waals surface area contributed by atoms with Gasteiger partial charge >= 0.3 is 5.97 Å². The molecular formula is C22H32O4. The van der Waals surface area contributed by atoms with E-state index in [1.54, 1.807) is 0 Å². The van der Waals surface area contributed by atoms with Crippen molar-refractivity contribution >= 4 is 11.8 Å². The SMILES string of the molecule is COC(=O)[C@]1(C)CCC[C@@]2(C)[C@@H]3CC[C@@]4(C)C[C@@]3(C=C(O)C4=O)CC[C@@H]21. The van der Waals surface area contributed by atoms with E-state index in [-0.39, 0.29) is 28.3 Å². The summed E-state index contributed by atoms with van der Waals surface area (Å²) in [5.41, 5.74) is -0.873. The molecule has 0 aromatic rings. The summed E-state index contributed by atoms with van der Waals surface area (Å²) in [5.74, 6) is 0.571. The summed E-state index contributed by atoms with van der Waals surface area (Å²) >= 11 is 0. The van der Waals surface area contributed by atoms with Gasteiger partial charge in [-0.15, -0.1) is 0 Å². The molecule has 1 N–H and O–H groups in total. The first-order chi connectivity index (χ1) is 12.1. The van der Waals surface area contributed by atoms with Crippen molar-refractivity contribution in [3.05, 3.63) is 11.8 Å². The minimum atomic E-state index is -0.418. The van der Waals surface area contributed by atoms with Crippen LogP contribution in [0.5, 0.6) is 0 Å². The monoisotopic (exact) mass is 360 g/mol. The van der Waals surface area contributed by atoms with Crippen LogP contribution in [-0.2, 0) is 14.3 Å². The lowest BCUT2D eigenvalue weighted by molar-refractivity contribution is -0.187. The van der Waals surface area contributed by atoms with Crippen molar-refractivity contribution in [2.45, 2.75) is 72.1 Å². The normalized spacial score (nSPS) is 50.3. The molecule has 4 aliphatic rings. The number of rotatable bonds is 1. The minimum Gasteiger partial charge on any atom is -0.505 e. The Balaban J connectivity index is 1.78. The number of hydrogen-bond acceptors (Lipinski definition) is 4. The van der Waals surface area contributed by atoms with Gasteiger partial charge in [-0.25, -0.2) is 0 Å². The molecule has 0 aromatic heterocycles. The molecule has 3 saturated carbocycles. The lowest BCUT2D eigenvalue weighted by atomic mass is 9.37. The Morgan fingerprint density at radius 1 is 1.12 bits per heavy atom. The molecule has 144 valence electrons. The topological polar surface area (TPSA) is 63.6 Å². The van der Waals surface area contributed by atoms with Gasteiger partial charge in [0.1, 0.15) is 0 Å². The van der Waals surface area contributed by atoms with Crippen molar-refractivity contribution in [3.8, 4) is 0 Å². The molecule has 0 radical (unpaired) electrons. The summed E-state index contributed by atoms with van der Waals surface area (Å²) in [4.78, 5) is 25.2. The van der Waals surface area contributed by atoms with Crippen LogP contribution in [0.1, 0.15) is 72.1 Å². The molecule has 0 aliphatic heterocycles. The maximum Gasteiger partial charge on any atom is 0.311 e. The predicted octanol–water partition coefficient (Wildman–Crippen LogP) is 4.58. The van der Waals surface area contributed by atoms with Gasteiger partial charge in [-0.3, -0.25) is 9.59 Å². The largest absolute Gasteiger partial charge is 0.505 e. The Labute approximate surface area is 156 Å². The standard InChI is InChI=1S/C22H32O4/c1-19-10-6-16-20(2)8-5-9-21(3,18(25)26-4)15(20)7-11-22(16,13-19)12-14(23)17(19)24/h12,15-16,23H,5-11,13H2,1-4H3/t15-,16-,19-,20+,21+,22-/m0/s1. The second-order valence-corrected chi connectivity index (χ2v) is 10.3. The number of methoxy groups -OCH3 is 1. The zero-order valence-corrected chi connectivity index (χ0v) is 16.6. The van der Waals surface area contributed by atoms with Crippen LogP contribution in [-0.4, -0.2) is 24.0 Å². The Hall–Kier alpha value is -1.32. The molecule has 0 saturated heterocycles. The van der Waals surface area contributed by atoms with E-state index in [2.05, 4.69) is 13.8 Å². The minimum absolute atomic E-state index is 0.0166. The molecule has 6 atom stereocenters. The molecule has 0 aromatic carbocycles. The Bertz CT molecular complexity index is 696. The van der Waals surface area contributed by atoms with E-state index < -0.39 is 10.8 Å². The lowest BCUT2D eigenvalue weighted by Crippen LogP contribution is -2.61. The molecule has 0 heterocycles. The van der Waals surface area contributed by atoms with Crippen molar-refractivity contribution in [2.75, 3.05) is 7.11 Å². The van der Waals surface area contributed by atoms with Crippen LogP contribution in [0.3, 0.4) is 0 Å². The van der Waals surface area contributed by atoms with Crippen LogP contribution in [0.25, 0.3) is 0 Å². The van der Waals surface area contributed by atoms with E-state index in [4.69, 9.17) is 4.74 Å². The second-order valence-electron chi connectivity index (χ2n) is 10.3. The van der Waals surface area contributed by atoms with Crippen LogP contribution < -0.4 is 0 Å². The molecule has 1 spiro atoms. The Morgan fingerprint density at radius 3 is 2.50 bits per heavy atom. The molecule has 4 nitrogen and oxygen atoms in total. The fourth-order valence-corrected chi connectivity index (χ4v) is 7.87. The van der Waals surface area contributed by atoms with Gasteiger partial charge in [-0.1, -0.05) is 20.3 Å². The van der Waals surface area contributed by atoms with Crippen LogP contribution in [0, 0.1) is 33.5 Å². The van der Waals surface area contributed by atoms with Crippen molar-refractivity contribution in [1.29, 1.82) is 0 Å². The van der Waals surface area contributed by atoms with Crippen molar-refractivity contribution in [1.82, 2.24) is 0 Å². The first-order valence-electron chi connectivity index (χ1n) is 10.2. The average Bonchev–Trinajstić information content (AvgIpc) is 2.58. The smallest absolute Gasteiger partial charge is 0.311 e. The Morgan fingerprint density at radius 2 is 1.81 bits per heavy atom. The number of carbonyl (C=O) groups excluding carboxylic acids is 2. The first-order valence-corrected chi connectivity index (χ1v) is 10.2. The molecule has 2 bridgehead atoms. The van der Waals surface area contributed by atoms with Crippen molar-refractivity contribution in [3.63, 3.8) is 0 Å². The third kappa shape index (κ3) is 2.07. The molecule has 4 rings (SSSR count). The van der Waals surface area contributed by atoms with E-state index in [1.165, 1.54) is 7.11 Å². The molecule has 3 fully saturated rings. The summed E-state index contributed by atoms with van der Waals surface area (Å²) in [5, 5.41) is 10.4. The summed E-state index contributed by atoms with van der Waals surface area (Å²) in [6, 6.07) is 0. The number of allylic oxidation sites excluding steroid dienone is 2. The zero-order valence-electron chi connectivity index (χ0n) is 16.6. The lowest BCUT2D eigenvalue weighted by Gasteiger charge is -2.66. The number of aliphatic hydroxyl groups excluding tert-OH is 1. The van der Waals surface area contributed by atoms with Crippen LogP contribution in [0.4, 0.5) is 0 Å². The van der Waals surface area contributed by atoms with Gasteiger partial charge in [-0.05, 0) is 80.6 Å². The molecule has 0 amide bonds. The first kappa shape index (κ1) is 18.1. The van der Waals surface area contributed by atoms with Gasteiger partial charge in [0.25, 0.3) is 0 Å². The predicted molar refractivity (Wildman–Crippen MR) is 98.4 cm³/mol. The number of aliphatic hydroxyl groups is 1. The number of carbonyl (C=O) groups is 2. The third-order valence-corrected chi connectivity index (χ3v) is 8.93. The molecule has 4 aliphatic carbocycles. The van der Waals surface area contributed by atoms with Gasteiger partial charge < -0.3 is 9.84 Å². The molecular weight excluding hydrogens is 328 g/mol. The van der Waals surface area contributed by atoms with E-state index in [1.807, 2.05) is 13.0 Å². The van der Waals surface area contributed by atoms with Gasteiger partial charge in [0.2, 0.25) is 5.78 Å². The highest BCUT2D eigenvalue weighted by molar-refractivity contribution is 5.98. The average molecular weight is 360 g/mol. The highest BCUT2D eigenvalue weighted by atomic mass is 16.5. The van der Waals surface area contributed by atoms with Gasteiger partial charge in [0.05, 0.1) is 12.5 Å². The fraction of sp³-hybridized carbons (Fsp3) is 0.818. The summed E-state index contributed by atoms with van der Waals surface area (Å²) in [6.45, 7) is 6.50. The Kier molecular flexibility index (Phi) is 3.72. The van der Waals surface area contributed by atoms with Gasteiger partial charge in [0.15, 0.2) is 5.76 Å². The maximum atomic E-state index is 12.7. The van der Waals surface area contributed by atoms with Gasteiger partial charge in [0, 0.05) is 5.41 Å². The number of esters is 1. The van der Waals surface area contributed by atoms with Crippen molar-refractivity contribution in [2.24, 2.45) is 33.5 Å². The number of hydrogen-bond donors (Lipinski definition) is 1. The summed E-state index contributed by atoms with van der Waals surface area (Å²) < 4.78 is 5.21. The van der Waals surface area contributed by atoms with Crippen molar-refractivity contribution < 1.29 is 19.4 Å². The zero-order chi connectivity index (χ0) is 19.0. The quantitative estimate of drug-likeness (QED) is 0.695. The molecule has 4 heteroatoms. The number of ketones is 1. The van der Waals surface area contributed by atoms with Crippen LogP contribution >= 0.6 is 0 Å². The van der Waals surface area contributed by atoms with Gasteiger partial charge in [-0.2, -0.15) is 0 Å². The number of fused-ring (bicyclic) bond motifs is 3. The maximum absolute atomic E-state index is 12.7. The van der Waals surface area contributed by atoms with Crippen LogP contribution in [0.2, 0.25) is 0 Å². The molecule has 26 heavy (non-hydrogen) atoms. The van der Waals surface area contributed by atoms with E-state index in [9.17, 15) is 14.7 Å². The van der Waals surface area contributed by atoms with E-state index >= 15 is 0 Å². The van der Waals surface area contributed by atoms with Crippen LogP contribution in [0.15, 0.2) is 11.8 Å². The summed E-state index contributed by atoms with van der Waals surface area (Å²) in [6.07, 6.45) is 9.59. The second kappa shape index (κ2) is 5.36. The fourth-order valence-electron chi connectivity index (χ4n) is 7.87. The highest BCUT2D eigenvalue weighted by Gasteiger charge is 2.66. The third-order valence-electron chi connectivity index (χ3n) is 8.93. The number of ether oxygens (including phenoxy) is 1. The number of Topliss-reactive ketones (excluding diaryl/α,β-unsaturated/α-hetero) is 1. The van der Waals surface area contributed by atoms with E-state index in [0.29, 0.717) is 11.8 Å². The van der Waals surface area contributed by atoms with E-state index in [0.717, 1.165) is 51.4 Å². The summed E-state index contributed by atoms with van der Waals surface area (Å²) in [7, 11) is 1.50. The highest BCUT2D eigenvalue weighted by Crippen LogP contribution is 2.71.